The number of rotatable bonds is 10. The molecule has 5 heteroatoms. The Labute approximate surface area is 166 Å². The first-order valence-corrected chi connectivity index (χ1v) is 9.73. The molecule has 3 atom stereocenters. The second-order valence-corrected chi connectivity index (χ2v) is 7.19. The number of benzene rings is 2. The zero-order valence-corrected chi connectivity index (χ0v) is 16.7. The molecule has 0 bridgehead atoms. The predicted octanol–water partition coefficient (Wildman–Crippen LogP) is 4.55. The van der Waals surface area contributed by atoms with Gasteiger partial charge in [0.05, 0.1) is 12.5 Å². The van der Waals surface area contributed by atoms with Gasteiger partial charge in [-0.2, -0.15) is 0 Å². The normalized spacial score (nSPS) is 14.0. The first-order chi connectivity index (χ1) is 13.4. The van der Waals surface area contributed by atoms with Crippen LogP contribution in [-0.2, 0) is 9.59 Å². The SMILES string of the molecule is CCCC(C)COc1ccc([C@@H](NC(=O)[C@@H](C)c2ccccc2)C(=O)O)cc1. The van der Waals surface area contributed by atoms with Crippen molar-refractivity contribution in [3.05, 3.63) is 65.7 Å². The Hall–Kier alpha value is -2.82. The molecule has 2 aromatic carbocycles. The van der Waals surface area contributed by atoms with Gasteiger partial charge in [-0.05, 0) is 42.5 Å². The van der Waals surface area contributed by atoms with E-state index in [0.717, 1.165) is 18.4 Å². The van der Waals surface area contributed by atoms with Crippen LogP contribution in [0.1, 0.15) is 56.7 Å². The number of hydrogen-bond donors (Lipinski definition) is 2. The van der Waals surface area contributed by atoms with Gasteiger partial charge in [-0.1, -0.05) is 62.7 Å². The van der Waals surface area contributed by atoms with Crippen molar-refractivity contribution in [3.8, 4) is 5.75 Å². The lowest BCUT2D eigenvalue weighted by Gasteiger charge is -2.19. The third-order valence-corrected chi connectivity index (χ3v) is 4.76. The highest BCUT2D eigenvalue weighted by atomic mass is 16.5. The molecule has 0 aliphatic rings. The third kappa shape index (κ3) is 6.12. The molecule has 0 saturated heterocycles. The van der Waals surface area contributed by atoms with Crippen LogP contribution in [0.2, 0.25) is 0 Å². The molecule has 0 radical (unpaired) electrons. The standard InChI is InChI=1S/C23H29NO4/c1-4-8-16(2)15-28-20-13-11-19(12-14-20)21(23(26)27)24-22(25)17(3)18-9-6-5-7-10-18/h5-7,9-14,16-17,21H,4,8,15H2,1-3H3,(H,24,25)(H,26,27)/t16?,17-,21+/m0/s1. The van der Waals surface area contributed by atoms with E-state index in [4.69, 9.17) is 4.74 Å². The number of carboxylic acids is 1. The summed E-state index contributed by atoms with van der Waals surface area (Å²) in [7, 11) is 0. The van der Waals surface area contributed by atoms with Crippen molar-refractivity contribution >= 4 is 11.9 Å². The Balaban J connectivity index is 2.03. The van der Waals surface area contributed by atoms with Crippen molar-refractivity contribution in [1.29, 1.82) is 0 Å². The van der Waals surface area contributed by atoms with Gasteiger partial charge in [0.1, 0.15) is 5.75 Å². The number of carbonyl (C=O) groups is 2. The molecule has 0 saturated carbocycles. The van der Waals surface area contributed by atoms with E-state index in [1.54, 1.807) is 31.2 Å². The Kier molecular flexibility index (Phi) is 8.05. The summed E-state index contributed by atoms with van der Waals surface area (Å²) in [5.74, 6) is -0.702. The summed E-state index contributed by atoms with van der Waals surface area (Å²) < 4.78 is 5.76. The van der Waals surface area contributed by atoms with E-state index in [-0.39, 0.29) is 5.91 Å². The monoisotopic (exact) mass is 383 g/mol. The number of aliphatic carboxylic acids is 1. The molecule has 1 unspecified atom stereocenters. The highest BCUT2D eigenvalue weighted by Gasteiger charge is 2.25. The van der Waals surface area contributed by atoms with Gasteiger partial charge in [0.15, 0.2) is 6.04 Å². The fourth-order valence-corrected chi connectivity index (χ4v) is 3.02. The summed E-state index contributed by atoms with van der Waals surface area (Å²) in [4.78, 5) is 24.3. The molecule has 2 aromatic rings. The average molecular weight is 383 g/mol. The average Bonchev–Trinajstić information content (AvgIpc) is 2.71. The molecule has 2 rings (SSSR count). The highest BCUT2D eigenvalue weighted by molar-refractivity contribution is 5.88. The minimum absolute atomic E-state index is 0.327. The summed E-state index contributed by atoms with van der Waals surface area (Å²) in [6.07, 6.45) is 2.22. The minimum atomic E-state index is -1.10. The molecule has 0 spiro atoms. The number of hydrogen-bond acceptors (Lipinski definition) is 3. The third-order valence-electron chi connectivity index (χ3n) is 4.76. The maximum Gasteiger partial charge on any atom is 0.330 e. The lowest BCUT2D eigenvalue weighted by atomic mass is 9.99. The van der Waals surface area contributed by atoms with Gasteiger partial charge in [0.25, 0.3) is 0 Å². The number of carboxylic acid groups (broad SMARTS) is 1. The van der Waals surface area contributed by atoms with Crippen LogP contribution in [0.5, 0.6) is 5.75 Å². The van der Waals surface area contributed by atoms with Gasteiger partial charge in [-0.3, -0.25) is 4.79 Å². The van der Waals surface area contributed by atoms with Crippen molar-refractivity contribution in [1.82, 2.24) is 5.32 Å². The molecule has 1 amide bonds. The smallest absolute Gasteiger partial charge is 0.330 e. The molecule has 28 heavy (non-hydrogen) atoms. The molecule has 0 heterocycles. The maximum absolute atomic E-state index is 12.5. The van der Waals surface area contributed by atoms with Crippen LogP contribution < -0.4 is 10.1 Å². The van der Waals surface area contributed by atoms with Crippen LogP contribution >= 0.6 is 0 Å². The quantitative estimate of drug-likeness (QED) is 0.631. The van der Waals surface area contributed by atoms with Crippen LogP contribution in [0.25, 0.3) is 0 Å². The predicted molar refractivity (Wildman–Crippen MR) is 109 cm³/mol. The number of nitrogens with one attached hydrogen (secondary N) is 1. The highest BCUT2D eigenvalue weighted by Crippen LogP contribution is 2.21. The van der Waals surface area contributed by atoms with Crippen LogP contribution in [0, 0.1) is 5.92 Å². The Bertz CT molecular complexity index is 758. The van der Waals surface area contributed by atoms with Crippen molar-refractivity contribution in [3.63, 3.8) is 0 Å². The van der Waals surface area contributed by atoms with E-state index in [1.807, 2.05) is 30.3 Å². The van der Waals surface area contributed by atoms with Crippen LogP contribution in [-0.4, -0.2) is 23.6 Å². The van der Waals surface area contributed by atoms with E-state index >= 15 is 0 Å². The molecular weight excluding hydrogens is 354 g/mol. The largest absolute Gasteiger partial charge is 0.493 e. The molecule has 2 N–H and O–H groups in total. The fraction of sp³-hybridized carbons (Fsp3) is 0.391. The van der Waals surface area contributed by atoms with Gasteiger partial charge in [-0.15, -0.1) is 0 Å². The van der Waals surface area contributed by atoms with Crippen molar-refractivity contribution < 1.29 is 19.4 Å². The molecular formula is C23H29NO4. The first kappa shape index (κ1) is 21.5. The van der Waals surface area contributed by atoms with Crippen molar-refractivity contribution in [2.75, 3.05) is 6.61 Å². The second kappa shape index (κ2) is 10.5. The molecule has 0 aromatic heterocycles. The van der Waals surface area contributed by atoms with Crippen LogP contribution in [0.4, 0.5) is 0 Å². The number of ether oxygens (including phenoxy) is 1. The summed E-state index contributed by atoms with van der Waals surface area (Å²) in [5.41, 5.74) is 1.35. The lowest BCUT2D eigenvalue weighted by molar-refractivity contribution is -0.142. The fourth-order valence-electron chi connectivity index (χ4n) is 3.02. The van der Waals surface area contributed by atoms with E-state index < -0.39 is 17.9 Å². The van der Waals surface area contributed by atoms with Crippen LogP contribution in [0.3, 0.4) is 0 Å². The van der Waals surface area contributed by atoms with Gasteiger partial charge < -0.3 is 15.2 Å². The second-order valence-electron chi connectivity index (χ2n) is 7.19. The van der Waals surface area contributed by atoms with Gasteiger partial charge in [-0.25, -0.2) is 4.79 Å². The molecule has 0 aliphatic carbocycles. The first-order valence-electron chi connectivity index (χ1n) is 9.73. The maximum atomic E-state index is 12.5. The van der Waals surface area contributed by atoms with E-state index in [1.165, 1.54) is 0 Å². The lowest BCUT2D eigenvalue weighted by Crippen LogP contribution is -2.36. The van der Waals surface area contributed by atoms with E-state index in [0.29, 0.717) is 23.8 Å². The number of carbonyl (C=O) groups excluding carboxylic acids is 1. The summed E-state index contributed by atoms with van der Waals surface area (Å²) in [6.45, 7) is 6.67. The Morgan fingerprint density at radius 1 is 1.00 bits per heavy atom. The van der Waals surface area contributed by atoms with Crippen LogP contribution in [0.15, 0.2) is 54.6 Å². The summed E-state index contributed by atoms with van der Waals surface area (Å²) in [6, 6.07) is 15.1. The molecule has 5 nitrogen and oxygen atoms in total. The number of amides is 1. The summed E-state index contributed by atoms with van der Waals surface area (Å²) >= 11 is 0. The zero-order valence-electron chi connectivity index (χ0n) is 16.7. The molecule has 0 fully saturated rings. The molecule has 150 valence electrons. The van der Waals surface area contributed by atoms with Gasteiger partial charge >= 0.3 is 5.97 Å². The van der Waals surface area contributed by atoms with Gasteiger partial charge in [0, 0.05) is 0 Å². The Morgan fingerprint density at radius 2 is 1.64 bits per heavy atom. The topological polar surface area (TPSA) is 75.6 Å². The minimum Gasteiger partial charge on any atom is -0.493 e. The van der Waals surface area contributed by atoms with E-state index in [2.05, 4.69) is 19.2 Å². The Morgan fingerprint density at radius 3 is 2.21 bits per heavy atom. The van der Waals surface area contributed by atoms with Gasteiger partial charge in [0.2, 0.25) is 5.91 Å². The summed E-state index contributed by atoms with van der Waals surface area (Å²) in [5, 5.41) is 12.2. The van der Waals surface area contributed by atoms with Crippen molar-refractivity contribution in [2.45, 2.75) is 45.6 Å². The molecule has 0 aliphatic heterocycles. The van der Waals surface area contributed by atoms with E-state index in [9.17, 15) is 14.7 Å². The van der Waals surface area contributed by atoms with Crippen molar-refractivity contribution in [2.24, 2.45) is 5.92 Å². The zero-order chi connectivity index (χ0) is 20.5.